The van der Waals surface area contributed by atoms with Crippen LogP contribution in [-0.4, -0.2) is 65.4 Å². The van der Waals surface area contributed by atoms with E-state index in [2.05, 4.69) is 4.90 Å². The lowest BCUT2D eigenvalue weighted by Crippen LogP contribution is -2.61. The maximum absolute atomic E-state index is 13.0. The number of imide groups is 1. The fourth-order valence-electron chi connectivity index (χ4n) is 5.44. The number of halogens is 2. The Morgan fingerprint density at radius 2 is 1.71 bits per heavy atom. The van der Waals surface area contributed by atoms with Crippen molar-refractivity contribution in [2.75, 3.05) is 26.7 Å². The molecule has 1 aromatic rings. The van der Waals surface area contributed by atoms with Crippen molar-refractivity contribution in [2.24, 2.45) is 5.92 Å². The molecule has 1 aromatic carbocycles. The maximum Gasteiger partial charge on any atom is 0.327 e. The van der Waals surface area contributed by atoms with Crippen LogP contribution < -0.4 is 0 Å². The van der Waals surface area contributed by atoms with Gasteiger partial charge in [-0.2, -0.15) is 0 Å². The number of hydrogen-bond acceptors (Lipinski definition) is 3. The smallest absolute Gasteiger partial charge is 0.323 e. The van der Waals surface area contributed by atoms with Crippen LogP contribution >= 0.6 is 23.2 Å². The van der Waals surface area contributed by atoms with E-state index in [0.29, 0.717) is 12.3 Å². The van der Waals surface area contributed by atoms with Gasteiger partial charge in [-0.3, -0.25) is 9.69 Å². The van der Waals surface area contributed by atoms with Crippen molar-refractivity contribution in [1.29, 1.82) is 0 Å². The van der Waals surface area contributed by atoms with Gasteiger partial charge >= 0.3 is 6.03 Å². The second-order valence-corrected chi connectivity index (χ2v) is 10.3. The lowest BCUT2D eigenvalue weighted by molar-refractivity contribution is -0.135. The highest BCUT2D eigenvalue weighted by molar-refractivity contribution is 6.33. The summed E-state index contributed by atoms with van der Waals surface area (Å²) < 4.78 is 0. The Hall–Kier alpha value is -1.30. The number of hydrogen-bond donors (Lipinski definition) is 0. The number of urea groups is 1. The van der Waals surface area contributed by atoms with E-state index in [1.165, 1.54) is 6.42 Å². The zero-order valence-electron chi connectivity index (χ0n) is 18.4. The normalized spacial score (nSPS) is 24.8. The summed E-state index contributed by atoms with van der Waals surface area (Å²) in [5, 5.41) is 1.52. The molecule has 0 spiro atoms. The molecule has 0 aromatic heterocycles. The van der Waals surface area contributed by atoms with Crippen LogP contribution in [0.3, 0.4) is 0 Å². The highest BCUT2D eigenvalue weighted by Gasteiger charge is 2.41. The van der Waals surface area contributed by atoms with Crippen molar-refractivity contribution >= 4 is 35.1 Å². The maximum atomic E-state index is 13.0. The molecule has 2 aliphatic heterocycles. The van der Waals surface area contributed by atoms with Crippen molar-refractivity contribution in [3.63, 3.8) is 0 Å². The molecule has 2 saturated heterocycles. The Labute approximate surface area is 195 Å². The second kappa shape index (κ2) is 10.1. The standard InChI is InChI=1S/C24H33Cl2N3O2/c1-27-21(15-23(30)29(24(27)31)20-5-3-2-4-6-20)16-28-11-9-17(10-12-28)13-18-14-19(25)7-8-22(18)26/h7-8,14,17,20-21H,2-6,9-13,15-16H2,1H3. The summed E-state index contributed by atoms with van der Waals surface area (Å²) in [5.74, 6) is 0.604. The van der Waals surface area contributed by atoms with Crippen molar-refractivity contribution in [3.05, 3.63) is 33.8 Å². The number of nitrogens with zero attached hydrogens (tertiary/aromatic N) is 3. The number of rotatable bonds is 5. The monoisotopic (exact) mass is 465 g/mol. The van der Waals surface area contributed by atoms with E-state index >= 15 is 0 Å². The third-order valence-electron chi connectivity index (χ3n) is 7.37. The SMILES string of the molecule is CN1C(=O)N(C2CCCCC2)C(=O)CC1CN1CCC(Cc2cc(Cl)ccc2Cl)CC1. The molecule has 0 bridgehead atoms. The predicted octanol–water partition coefficient (Wildman–Crippen LogP) is 5.23. The number of carbonyl (C=O) groups excluding carboxylic acids is 2. The number of amides is 3. The summed E-state index contributed by atoms with van der Waals surface area (Å²) in [5.41, 5.74) is 1.12. The van der Waals surface area contributed by atoms with Gasteiger partial charge in [-0.1, -0.05) is 42.5 Å². The predicted molar refractivity (Wildman–Crippen MR) is 125 cm³/mol. The van der Waals surface area contributed by atoms with E-state index in [1.54, 1.807) is 4.90 Å². The molecule has 4 rings (SSSR count). The van der Waals surface area contributed by atoms with Gasteiger partial charge in [0.05, 0.1) is 6.04 Å². The van der Waals surface area contributed by atoms with Crippen molar-refractivity contribution in [3.8, 4) is 0 Å². The average molecular weight is 466 g/mol. The zero-order chi connectivity index (χ0) is 22.0. The van der Waals surface area contributed by atoms with Crippen LogP contribution in [0.25, 0.3) is 0 Å². The Morgan fingerprint density at radius 1 is 1.00 bits per heavy atom. The molecule has 1 aliphatic carbocycles. The van der Waals surface area contributed by atoms with Gasteiger partial charge in [0, 0.05) is 36.1 Å². The summed E-state index contributed by atoms with van der Waals surface area (Å²) in [7, 11) is 1.86. The Bertz CT molecular complexity index is 804. The van der Waals surface area contributed by atoms with Crippen LogP contribution in [0.5, 0.6) is 0 Å². The number of likely N-dealkylation sites (tertiary alicyclic amines) is 1. The Balaban J connectivity index is 1.29. The van der Waals surface area contributed by atoms with Crippen LogP contribution in [0.1, 0.15) is 56.9 Å². The molecule has 1 saturated carbocycles. The molecule has 3 amide bonds. The van der Waals surface area contributed by atoms with Crippen LogP contribution in [0, 0.1) is 5.92 Å². The van der Waals surface area contributed by atoms with E-state index in [-0.39, 0.29) is 24.0 Å². The molecule has 1 unspecified atom stereocenters. The fraction of sp³-hybridized carbons (Fsp3) is 0.667. The number of carbonyl (C=O) groups is 2. The molecule has 3 aliphatic rings. The van der Waals surface area contributed by atoms with Gasteiger partial charge in [0.2, 0.25) is 5.91 Å². The average Bonchev–Trinajstić information content (AvgIpc) is 2.76. The molecular formula is C24H33Cl2N3O2. The number of benzene rings is 1. The molecule has 170 valence electrons. The minimum Gasteiger partial charge on any atom is -0.323 e. The molecule has 5 nitrogen and oxygen atoms in total. The number of piperidine rings is 1. The van der Waals surface area contributed by atoms with E-state index in [1.807, 2.05) is 30.1 Å². The van der Waals surface area contributed by atoms with Gasteiger partial charge in [-0.25, -0.2) is 4.79 Å². The van der Waals surface area contributed by atoms with Gasteiger partial charge in [0.15, 0.2) is 0 Å². The fourth-order valence-corrected chi connectivity index (χ4v) is 5.83. The zero-order valence-corrected chi connectivity index (χ0v) is 19.9. The largest absolute Gasteiger partial charge is 0.327 e. The first-order valence-corrected chi connectivity index (χ1v) is 12.4. The van der Waals surface area contributed by atoms with Crippen LogP contribution in [-0.2, 0) is 11.2 Å². The highest BCUT2D eigenvalue weighted by atomic mass is 35.5. The van der Waals surface area contributed by atoms with Crippen LogP contribution in [0.15, 0.2) is 18.2 Å². The number of likely N-dealkylation sites (N-methyl/N-ethyl adjacent to an activating group) is 1. The molecule has 1 atom stereocenters. The Kier molecular flexibility index (Phi) is 7.45. The first-order chi connectivity index (χ1) is 14.9. The molecule has 31 heavy (non-hydrogen) atoms. The van der Waals surface area contributed by atoms with Crippen LogP contribution in [0.4, 0.5) is 4.79 Å². The first-order valence-electron chi connectivity index (χ1n) is 11.7. The third kappa shape index (κ3) is 5.37. The van der Waals surface area contributed by atoms with Gasteiger partial charge in [0.25, 0.3) is 0 Å². The third-order valence-corrected chi connectivity index (χ3v) is 7.97. The quantitative estimate of drug-likeness (QED) is 0.597. The van der Waals surface area contributed by atoms with Crippen molar-refractivity contribution < 1.29 is 9.59 Å². The van der Waals surface area contributed by atoms with Gasteiger partial charge in [-0.15, -0.1) is 0 Å². The molecule has 2 heterocycles. The van der Waals surface area contributed by atoms with Crippen LogP contribution in [0.2, 0.25) is 10.0 Å². The van der Waals surface area contributed by atoms with E-state index < -0.39 is 0 Å². The molecule has 0 radical (unpaired) electrons. The lowest BCUT2D eigenvalue weighted by Gasteiger charge is -2.44. The minimum atomic E-state index is -0.0985. The highest BCUT2D eigenvalue weighted by Crippen LogP contribution is 2.30. The molecule has 3 fully saturated rings. The molecule has 0 N–H and O–H groups in total. The molecule has 7 heteroatoms. The summed E-state index contributed by atoms with van der Waals surface area (Å²) in [6.07, 6.45) is 8.94. The Morgan fingerprint density at radius 3 is 2.42 bits per heavy atom. The summed E-state index contributed by atoms with van der Waals surface area (Å²) in [6.45, 7) is 2.75. The second-order valence-electron chi connectivity index (χ2n) is 9.49. The van der Waals surface area contributed by atoms with E-state index in [4.69, 9.17) is 23.2 Å². The molecular weight excluding hydrogens is 433 g/mol. The summed E-state index contributed by atoms with van der Waals surface area (Å²) in [6, 6.07) is 5.65. The topological polar surface area (TPSA) is 43.9 Å². The lowest BCUT2D eigenvalue weighted by atomic mass is 9.89. The first kappa shape index (κ1) is 22.9. The van der Waals surface area contributed by atoms with Crippen molar-refractivity contribution in [1.82, 2.24) is 14.7 Å². The van der Waals surface area contributed by atoms with Crippen molar-refractivity contribution in [2.45, 2.75) is 69.9 Å². The van der Waals surface area contributed by atoms with E-state index in [0.717, 1.165) is 80.2 Å². The van der Waals surface area contributed by atoms with Gasteiger partial charge in [0.1, 0.15) is 0 Å². The van der Waals surface area contributed by atoms with Gasteiger partial charge in [-0.05, 0) is 74.9 Å². The van der Waals surface area contributed by atoms with Gasteiger partial charge < -0.3 is 9.80 Å². The minimum absolute atomic E-state index is 0.0190. The summed E-state index contributed by atoms with van der Waals surface area (Å²) in [4.78, 5) is 31.6. The summed E-state index contributed by atoms with van der Waals surface area (Å²) >= 11 is 12.5. The van der Waals surface area contributed by atoms with E-state index in [9.17, 15) is 9.59 Å².